The molecule has 0 radical (unpaired) electrons. The first-order chi connectivity index (χ1) is 9.13. The van der Waals surface area contributed by atoms with Crippen LogP contribution in [0, 0.1) is 5.82 Å². The van der Waals surface area contributed by atoms with Gasteiger partial charge in [-0.05, 0) is 23.8 Å². The van der Waals surface area contributed by atoms with E-state index in [1.54, 1.807) is 12.1 Å². The zero-order valence-corrected chi connectivity index (χ0v) is 10.9. The van der Waals surface area contributed by atoms with E-state index in [1.165, 1.54) is 12.1 Å². The molecule has 19 heavy (non-hydrogen) atoms. The van der Waals surface area contributed by atoms with Crippen LogP contribution in [0.25, 0.3) is 0 Å². The Balaban J connectivity index is 1.96. The summed E-state index contributed by atoms with van der Waals surface area (Å²) in [5.41, 5.74) is 7.93. The molecule has 0 amide bonds. The zero-order chi connectivity index (χ0) is 13.4. The van der Waals surface area contributed by atoms with Crippen LogP contribution in [0.1, 0.15) is 29.7 Å². The summed E-state index contributed by atoms with van der Waals surface area (Å²) in [6.07, 6.45) is 0.460. The third-order valence-electron chi connectivity index (χ3n) is 3.33. The Hall–Kier alpha value is -1.58. The molecule has 0 aliphatic carbocycles. The first-order valence-electron chi connectivity index (χ1n) is 6.10. The van der Waals surface area contributed by atoms with Crippen LogP contribution < -0.4 is 10.5 Å². The van der Waals surface area contributed by atoms with E-state index in [4.69, 9.17) is 22.1 Å². The van der Waals surface area contributed by atoms with Crippen molar-refractivity contribution in [2.24, 2.45) is 5.73 Å². The fourth-order valence-corrected chi connectivity index (χ4v) is 2.59. The zero-order valence-electron chi connectivity index (χ0n) is 10.1. The van der Waals surface area contributed by atoms with Crippen LogP contribution in [0.2, 0.25) is 5.02 Å². The highest BCUT2D eigenvalue weighted by atomic mass is 35.5. The molecular formula is C15H13ClFNO. The first kappa shape index (κ1) is 12.5. The lowest BCUT2D eigenvalue weighted by Gasteiger charge is -2.30. The average molecular weight is 278 g/mol. The van der Waals surface area contributed by atoms with Gasteiger partial charge in [0.25, 0.3) is 0 Å². The normalized spacial score (nSPS) is 21.6. The number of nitrogens with two attached hydrogens (primary N) is 1. The molecule has 1 heterocycles. The molecule has 98 valence electrons. The van der Waals surface area contributed by atoms with Crippen LogP contribution in [0.5, 0.6) is 5.75 Å². The van der Waals surface area contributed by atoms with E-state index in [2.05, 4.69) is 0 Å². The van der Waals surface area contributed by atoms with Crippen molar-refractivity contribution in [2.45, 2.75) is 18.6 Å². The van der Waals surface area contributed by atoms with Crippen LogP contribution in [0.15, 0.2) is 42.5 Å². The molecule has 0 saturated heterocycles. The van der Waals surface area contributed by atoms with Crippen molar-refractivity contribution < 1.29 is 9.13 Å². The predicted molar refractivity (Wildman–Crippen MR) is 72.8 cm³/mol. The minimum absolute atomic E-state index is 0.159. The van der Waals surface area contributed by atoms with Gasteiger partial charge in [-0.1, -0.05) is 29.8 Å². The molecule has 2 N–H and O–H groups in total. The lowest BCUT2D eigenvalue weighted by atomic mass is 9.93. The van der Waals surface area contributed by atoms with Gasteiger partial charge in [0.15, 0.2) is 0 Å². The summed E-state index contributed by atoms with van der Waals surface area (Å²) in [5.74, 6) is 0.196. The predicted octanol–water partition coefficient (Wildman–Crippen LogP) is 4.00. The van der Waals surface area contributed by atoms with Gasteiger partial charge in [0.2, 0.25) is 0 Å². The average Bonchev–Trinajstić information content (AvgIpc) is 2.38. The van der Waals surface area contributed by atoms with Crippen molar-refractivity contribution in [1.29, 1.82) is 0 Å². The maximum atomic E-state index is 13.3. The van der Waals surface area contributed by atoms with Gasteiger partial charge in [0.05, 0.1) is 0 Å². The quantitative estimate of drug-likeness (QED) is 0.855. The van der Waals surface area contributed by atoms with Crippen LogP contribution in [0.4, 0.5) is 4.39 Å². The van der Waals surface area contributed by atoms with Gasteiger partial charge in [-0.2, -0.15) is 0 Å². The number of hydrogen-bond acceptors (Lipinski definition) is 2. The molecule has 2 aromatic carbocycles. The summed E-state index contributed by atoms with van der Waals surface area (Å²) in [7, 11) is 0. The maximum Gasteiger partial charge on any atom is 0.127 e. The molecule has 0 fully saturated rings. The summed E-state index contributed by atoms with van der Waals surface area (Å²) in [6.45, 7) is 0. The largest absolute Gasteiger partial charge is 0.485 e. The Morgan fingerprint density at radius 3 is 2.84 bits per heavy atom. The van der Waals surface area contributed by atoms with Crippen molar-refractivity contribution in [1.82, 2.24) is 0 Å². The molecular weight excluding hydrogens is 265 g/mol. The fraction of sp³-hybridized carbons (Fsp3) is 0.200. The summed E-state index contributed by atoms with van der Waals surface area (Å²) in [5, 5.41) is 0.653. The second-order valence-corrected chi connectivity index (χ2v) is 5.12. The van der Waals surface area contributed by atoms with E-state index in [0.29, 0.717) is 17.2 Å². The summed E-state index contributed by atoms with van der Waals surface area (Å²) in [6, 6.07) is 11.8. The van der Waals surface area contributed by atoms with Gasteiger partial charge in [-0.25, -0.2) is 4.39 Å². The number of ether oxygens (including phenoxy) is 1. The van der Waals surface area contributed by atoms with E-state index in [0.717, 1.165) is 11.1 Å². The standard InChI is InChI=1S/C15H13ClFNO/c16-10-3-1-2-9(6-10)14-8-13(18)12-5-4-11(17)7-15(12)19-14/h1-7,13-14H,8,18H2/t13-,14?/m1/s1. The van der Waals surface area contributed by atoms with Crippen molar-refractivity contribution in [3.8, 4) is 5.75 Å². The molecule has 2 nitrogen and oxygen atoms in total. The molecule has 0 spiro atoms. The van der Waals surface area contributed by atoms with E-state index < -0.39 is 0 Å². The van der Waals surface area contributed by atoms with Crippen LogP contribution in [-0.2, 0) is 0 Å². The summed E-state index contributed by atoms with van der Waals surface area (Å²) < 4.78 is 19.1. The van der Waals surface area contributed by atoms with Crippen LogP contribution in [0.3, 0.4) is 0 Å². The second-order valence-electron chi connectivity index (χ2n) is 4.69. The monoisotopic (exact) mass is 277 g/mol. The molecule has 1 aliphatic heterocycles. The van der Waals surface area contributed by atoms with Crippen molar-refractivity contribution in [3.63, 3.8) is 0 Å². The lowest BCUT2D eigenvalue weighted by molar-refractivity contribution is 0.161. The first-order valence-corrected chi connectivity index (χ1v) is 6.48. The number of fused-ring (bicyclic) bond motifs is 1. The van der Waals surface area contributed by atoms with Gasteiger partial charge in [0.1, 0.15) is 17.7 Å². The molecule has 2 atom stereocenters. The molecule has 4 heteroatoms. The highest BCUT2D eigenvalue weighted by Crippen LogP contribution is 2.40. The third kappa shape index (κ3) is 2.44. The number of hydrogen-bond donors (Lipinski definition) is 1. The Morgan fingerprint density at radius 2 is 2.05 bits per heavy atom. The molecule has 1 aliphatic rings. The SMILES string of the molecule is N[C@@H]1CC(c2cccc(Cl)c2)Oc2cc(F)ccc21. The highest BCUT2D eigenvalue weighted by molar-refractivity contribution is 6.30. The Kier molecular flexibility index (Phi) is 3.17. The van der Waals surface area contributed by atoms with E-state index in [-0.39, 0.29) is 18.0 Å². The molecule has 0 aromatic heterocycles. The number of halogens is 2. The Bertz CT molecular complexity index is 617. The Morgan fingerprint density at radius 1 is 1.21 bits per heavy atom. The third-order valence-corrected chi connectivity index (χ3v) is 3.57. The molecule has 2 aromatic rings. The molecule has 0 bridgehead atoms. The lowest BCUT2D eigenvalue weighted by Crippen LogP contribution is -2.24. The molecule has 3 rings (SSSR count). The van der Waals surface area contributed by atoms with E-state index >= 15 is 0 Å². The van der Waals surface area contributed by atoms with E-state index in [9.17, 15) is 4.39 Å². The van der Waals surface area contributed by atoms with Crippen molar-refractivity contribution in [3.05, 3.63) is 64.4 Å². The van der Waals surface area contributed by atoms with Gasteiger partial charge in [-0.3, -0.25) is 0 Å². The molecule has 0 saturated carbocycles. The summed E-state index contributed by atoms with van der Waals surface area (Å²) in [4.78, 5) is 0. The number of benzene rings is 2. The van der Waals surface area contributed by atoms with Gasteiger partial charge in [-0.15, -0.1) is 0 Å². The van der Waals surface area contributed by atoms with Crippen molar-refractivity contribution in [2.75, 3.05) is 0 Å². The van der Waals surface area contributed by atoms with Gasteiger partial charge in [0, 0.05) is 29.1 Å². The minimum Gasteiger partial charge on any atom is -0.485 e. The van der Waals surface area contributed by atoms with Crippen LogP contribution >= 0.6 is 11.6 Å². The number of rotatable bonds is 1. The molecule has 1 unspecified atom stereocenters. The topological polar surface area (TPSA) is 35.2 Å². The van der Waals surface area contributed by atoms with Gasteiger partial charge >= 0.3 is 0 Å². The van der Waals surface area contributed by atoms with Gasteiger partial charge < -0.3 is 10.5 Å². The summed E-state index contributed by atoms with van der Waals surface area (Å²) >= 11 is 5.98. The maximum absolute atomic E-state index is 13.3. The minimum atomic E-state index is -0.322. The van der Waals surface area contributed by atoms with Crippen LogP contribution in [-0.4, -0.2) is 0 Å². The van der Waals surface area contributed by atoms with Crippen molar-refractivity contribution >= 4 is 11.6 Å². The fourth-order valence-electron chi connectivity index (χ4n) is 2.39. The smallest absolute Gasteiger partial charge is 0.127 e. The second kappa shape index (κ2) is 4.83. The Labute approximate surface area is 115 Å². The highest BCUT2D eigenvalue weighted by Gasteiger charge is 2.27. The van der Waals surface area contributed by atoms with E-state index in [1.807, 2.05) is 18.2 Å².